The number of piperidine rings is 1. The lowest BCUT2D eigenvalue weighted by Crippen LogP contribution is -2.78. The van der Waals surface area contributed by atoms with Crippen molar-refractivity contribution in [3.63, 3.8) is 0 Å². The van der Waals surface area contributed by atoms with Crippen molar-refractivity contribution in [3.05, 3.63) is 23.8 Å². The van der Waals surface area contributed by atoms with E-state index in [1.54, 1.807) is 25.3 Å². The first-order valence-corrected chi connectivity index (χ1v) is 16.9. The summed E-state index contributed by atoms with van der Waals surface area (Å²) in [5.41, 5.74) is -1.99. The zero-order valence-electron chi connectivity index (χ0n) is 27.8. The average Bonchev–Trinajstić information content (AvgIpc) is 3.64. The summed E-state index contributed by atoms with van der Waals surface area (Å²) in [6.07, 6.45) is -0.998. The maximum Gasteiger partial charge on any atom is 0.338 e. The molecule has 1 aromatic rings. The quantitative estimate of drug-likeness (QED) is 0.325. The second-order valence-electron chi connectivity index (χ2n) is 14.9. The van der Waals surface area contributed by atoms with Crippen molar-refractivity contribution in [2.45, 2.75) is 82.2 Å². The predicted octanol–water partition coefficient (Wildman–Crippen LogP) is 2.23. The molecule has 5 aliphatic carbocycles. The van der Waals surface area contributed by atoms with Crippen molar-refractivity contribution in [3.8, 4) is 11.5 Å². The highest BCUT2D eigenvalue weighted by Crippen LogP contribution is 2.81. The first-order valence-electron chi connectivity index (χ1n) is 16.9. The number of hydrogen-bond donors (Lipinski definition) is 1. The predicted molar refractivity (Wildman–Crippen MR) is 163 cm³/mol. The second kappa shape index (κ2) is 10.5. The molecular weight excluding hydrogens is 610 g/mol. The molecule has 1 unspecified atom stereocenters. The van der Waals surface area contributed by atoms with Gasteiger partial charge in [0.1, 0.15) is 18.3 Å². The molecule has 14 atom stereocenters. The molecule has 12 heteroatoms. The molecule has 7 bridgehead atoms. The summed E-state index contributed by atoms with van der Waals surface area (Å²) in [5.74, 6) is -1.68. The number of hydrogen-bond acceptors (Lipinski definition) is 12. The van der Waals surface area contributed by atoms with Crippen LogP contribution in [0.4, 0.5) is 0 Å². The monoisotopic (exact) mass is 655 g/mol. The van der Waals surface area contributed by atoms with E-state index in [-0.39, 0.29) is 60.4 Å². The van der Waals surface area contributed by atoms with Gasteiger partial charge in [0.2, 0.25) is 0 Å². The molecular formula is C35H45NO11. The highest BCUT2D eigenvalue weighted by molar-refractivity contribution is 5.90. The molecule has 47 heavy (non-hydrogen) atoms. The first-order chi connectivity index (χ1) is 22.5. The smallest absolute Gasteiger partial charge is 0.338 e. The maximum absolute atomic E-state index is 13.9. The van der Waals surface area contributed by atoms with E-state index in [1.807, 2.05) is 0 Å². The van der Waals surface area contributed by atoms with Crippen molar-refractivity contribution >= 4 is 17.9 Å². The summed E-state index contributed by atoms with van der Waals surface area (Å²) >= 11 is 0. The number of fused-ring (bicyclic) bond motifs is 3. The number of likely N-dealkylation sites (tertiary alicyclic amines) is 1. The third-order valence-corrected chi connectivity index (χ3v) is 13.5. The number of methoxy groups -OCH3 is 3. The van der Waals surface area contributed by atoms with E-state index >= 15 is 0 Å². The molecule has 1 N–H and O–H groups in total. The summed E-state index contributed by atoms with van der Waals surface area (Å²) in [5, 5.41) is 13.3. The Bertz CT molecular complexity index is 1500. The topological polar surface area (TPSA) is 139 Å². The molecule has 7 aliphatic rings. The van der Waals surface area contributed by atoms with E-state index in [4.69, 9.17) is 33.2 Å². The normalized spacial score (nSPS) is 46.5. The number of rotatable bonds is 8. The lowest BCUT2D eigenvalue weighted by molar-refractivity contribution is -0.293. The molecule has 0 radical (unpaired) electrons. The van der Waals surface area contributed by atoms with Crippen LogP contribution in [0.3, 0.4) is 0 Å². The van der Waals surface area contributed by atoms with E-state index in [2.05, 4.69) is 11.8 Å². The lowest BCUT2D eigenvalue weighted by Gasteiger charge is -2.69. The fourth-order valence-corrected chi connectivity index (χ4v) is 12.5. The molecule has 12 nitrogen and oxygen atoms in total. The van der Waals surface area contributed by atoms with E-state index in [0.717, 1.165) is 6.54 Å². The molecule has 8 rings (SSSR count). The first kappa shape index (κ1) is 31.3. The minimum absolute atomic E-state index is 0.0244. The standard InChI is InChI=1S/C35H45NO11/c1-7-36-14-33-15-44-29-27-31(36)35(30(29)33,25(43-6)12-24(33)46-17(3)38)20-11-19-23(45-16(2)37)13-34(27,40)26(20)28(19)47-32(39)18-8-9-21(41-4)22(10-18)42-5/h8-10,19-20,23-31,40H,7,11-15H2,1-6H3/t19-,20-,23+,24-,25+,26-,27+,28+,29+,30-,31?,33+,34-,35+/m1/s1. The van der Waals surface area contributed by atoms with Gasteiger partial charge < -0.3 is 38.3 Å². The number of ether oxygens (including phenoxy) is 7. The highest BCUT2D eigenvalue weighted by atomic mass is 16.6. The third kappa shape index (κ3) is 3.81. The number of esters is 3. The molecule has 256 valence electrons. The van der Waals surface area contributed by atoms with Crippen LogP contribution in [0.15, 0.2) is 18.2 Å². The molecule has 1 spiro atoms. The number of benzene rings is 1. The molecule has 2 aliphatic heterocycles. The van der Waals surface area contributed by atoms with Crippen LogP contribution >= 0.6 is 0 Å². The Balaban J connectivity index is 1.27. The van der Waals surface area contributed by atoms with Gasteiger partial charge in [-0.25, -0.2) is 4.79 Å². The van der Waals surface area contributed by atoms with Gasteiger partial charge in [-0.3, -0.25) is 14.5 Å². The zero-order valence-corrected chi connectivity index (χ0v) is 27.8. The van der Waals surface area contributed by atoms with Gasteiger partial charge in [-0.2, -0.15) is 0 Å². The van der Waals surface area contributed by atoms with Crippen LogP contribution in [0, 0.1) is 40.4 Å². The van der Waals surface area contributed by atoms with Crippen molar-refractivity contribution in [2.75, 3.05) is 41.0 Å². The number of aliphatic hydroxyl groups is 1. The van der Waals surface area contributed by atoms with Crippen LogP contribution in [0.25, 0.3) is 0 Å². The Kier molecular flexibility index (Phi) is 7.02. The SMILES string of the molecule is CCN1C[C@]23CO[C@H]4[C@H]5C1[C@]([C@@H](OC)C[C@H]2OC(C)=O)([C@@H]1C[C@H]2[C@H](OC(=O)c6ccc(OC)c(OC)c6)[C@@H]1[C@]5(O)C[C@@H]2OC(C)=O)[C@H]43. The second-order valence-corrected chi connectivity index (χ2v) is 14.9. The van der Waals surface area contributed by atoms with Crippen LogP contribution in [-0.4, -0.2) is 111 Å². The molecule has 1 aromatic carbocycles. The number of carbonyl (C=O) groups excluding carboxylic acids is 3. The fraction of sp³-hybridized carbons (Fsp3) is 0.743. The van der Waals surface area contributed by atoms with Gasteiger partial charge >= 0.3 is 17.9 Å². The van der Waals surface area contributed by atoms with Gasteiger partial charge in [-0.05, 0) is 37.1 Å². The fourth-order valence-electron chi connectivity index (χ4n) is 12.5. The molecule has 5 saturated carbocycles. The van der Waals surface area contributed by atoms with Gasteiger partial charge in [-0.15, -0.1) is 0 Å². The van der Waals surface area contributed by atoms with Crippen molar-refractivity contribution < 1.29 is 52.6 Å². The molecule has 2 saturated heterocycles. The zero-order chi connectivity index (χ0) is 33.2. The molecule has 7 fully saturated rings. The van der Waals surface area contributed by atoms with E-state index in [0.29, 0.717) is 43.1 Å². The summed E-state index contributed by atoms with van der Waals surface area (Å²) in [6, 6.07) is 4.81. The number of carbonyl (C=O) groups is 3. The third-order valence-electron chi connectivity index (χ3n) is 13.5. The number of nitrogens with zero attached hydrogens (tertiary/aromatic N) is 1. The summed E-state index contributed by atoms with van der Waals surface area (Å²) in [4.78, 5) is 41.3. The Morgan fingerprint density at radius 2 is 1.72 bits per heavy atom. The Hall–Kier alpha value is -2.93. The van der Waals surface area contributed by atoms with Crippen molar-refractivity contribution in [1.82, 2.24) is 4.90 Å². The Labute approximate surface area is 274 Å². The van der Waals surface area contributed by atoms with Crippen molar-refractivity contribution in [1.29, 1.82) is 0 Å². The minimum Gasteiger partial charge on any atom is -0.493 e. The minimum atomic E-state index is -1.36. The molecule has 0 amide bonds. The van der Waals surface area contributed by atoms with Crippen LogP contribution in [0.2, 0.25) is 0 Å². The van der Waals surface area contributed by atoms with E-state index < -0.39 is 46.5 Å². The van der Waals surface area contributed by atoms with Crippen LogP contribution in [0.1, 0.15) is 50.4 Å². The molecule has 0 aromatic heterocycles. The maximum atomic E-state index is 13.9. The van der Waals surface area contributed by atoms with Gasteiger partial charge in [0.05, 0.1) is 44.2 Å². The van der Waals surface area contributed by atoms with Crippen LogP contribution in [-0.2, 0) is 33.3 Å². The average molecular weight is 656 g/mol. The lowest BCUT2D eigenvalue weighted by atomic mass is 9.43. The highest BCUT2D eigenvalue weighted by Gasteiger charge is 2.90. The largest absolute Gasteiger partial charge is 0.493 e. The summed E-state index contributed by atoms with van der Waals surface area (Å²) in [6.45, 7) is 6.84. The Morgan fingerprint density at radius 3 is 2.38 bits per heavy atom. The van der Waals surface area contributed by atoms with Gasteiger partial charge in [-0.1, -0.05) is 6.92 Å². The summed E-state index contributed by atoms with van der Waals surface area (Å²) in [7, 11) is 4.76. The van der Waals surface area contributed by atoms with Gasteiger partial charge in [0.25, 0.3) is 0 Å². The van der Waals surface area contributed by atoms with Crippen molar-refractivity contribution in [2.24, 2.45) is 40.4 Å². The van der Waals surface area contributed by atoms with E-state index in [1.165, 1.54) is 28.1 Å². The van der Waals surface area contributed by atoms with Gasteiger partial charge in [0, 0.05) is 80.9 Å². The van der Waals surface area contributed by atoms with Gasteiger partial charge in [0.15, 0.2) is 11.5 Å². The van der Waals surface area contributed by atoms with Crippen LogP contribution in [0.5, 0.6) is 11.5 Å². The van der Waals surface area contributed by atoms with Crippen LogP contribution < -0.4 is 9.47 Å². The summed E-state index contributed by atoms with van der Waals surface area (Å²) < 4.78 is 42.6. The van der Waals surface area contributed by atoms with E-state index in [9.17, 15) is 19.5 Å². The molecule has 2 heterocycles. The Morgan fingerprint density at radius 1 is 0.979 bits per heavy atom.